The second kappa shape index (κ2) is 6.90. The Labute approximate surface area is 105 Å². The van der Waals surface area contributed by atoms with Crippen LogP contribution >= 0.6 is 0 Å². The van der Waals surface area contributed by atoms with Crippen LogP contribution < -0.4 is 0 Å². The smallest absolute Gasteiger partial charge is 0.328 e. The van der Waals surface area contributed by atoms with Gasteiger partial charge in [0.2, 0.25) is 0 Å². The predicted molar refractivity (Wildman–Crippen MR) is 65.8 cm³/mol. The van der Waals surface area contributed by atoms with E-state index in [1.807, 2.05) is 0 Å². The number of aliphatic hydroxyl groups excluding tert-OH is 3. The van der Waals surface area contributed by atoms with Crippen LogP contribution in [-0.2, 0) is 4.79 Å². The second-order valence-corrected chi connectivity index (χ2v) is 3.86. The van der Waals surface area contributed by atoms with E-state index in [0.717, 1.165) is 6.08 Å². The van der Waals surface area contributed by atoms with Crippen molar-refractivity contribution in [3.8, 4) is 0 Å². The largest absolute Gasteiger partial charge is 0.478 e. The van der Waals surface area contributed by atoms with Gasteiger partial charge in [-0.3, -0.25) is 0 Å². The Morgan fingerprint density at radius 3 is 2.33 bits per heavy atom. The van der Waals surface area contributed by atoms with Crippen molar-refractivity contribution in [1.82, 2.24) is 0 Å². The molecule has 0 spiro atoms. The Hall–Kier alpha value is -1.69. The van der Waals surface area contributed by atoms with Gasteiger partial charge in [0.15, 0.2) is 0 Å². The number of aliphatic hydroxyl groups is 3. The highest BCUT2D eigenvalue weighted by Crippen LogP contribution is 2.19. The molecule has 5 nitrogen and oxygen atoms in total. The van der Waals surface area contributed by atoms with Gasteiger partial charge in [-0.1, -0.05) is 24.3 Å². The van der Waals surface area contributed by atoms with Crippen molar-refractivity contribution in [3.63, 3.8) is 0 Å². The number of benzene rings is 1. The molecule has 2 atom stereocenters. The molecule has 0 aliphatic heterocycles. The zero-order valence-corrected chi connectivity index (χ0v) is 9.73. The molecule has 1 aromatic carbocycles. The maximum atomic E-state index is 10.3. The van der Waals surface area contributed by atoms with Crippen molar-refractivity contribution >= 4 is 12.0 Å². The van der Waals surface area contributed by atoms with Crippen LogP contribution in [0.5, 0.6) is 0 Å². The van der Waals surface area contributed by atoms with E-state index in [1.54, 1.807) is 24.3 Å². The van der Waals surface area contributed by atoms with Gasteiger partial charge in [-0.25, -0.2) is 4.79 Å². The van der Waals surface area contributed by atoms with Crippen LogP contribution in [0.25, 0.3) is 6.08 Å². The third-order valence-corrected chi connectivity index (χ3v) is 2.49. The van der Waals surface area contributed by atoms with E-state index in [-0.39, 0.29) is 13.0 Å². The average Bonchev–Trinajstić information content (AvgIpc) is 2.36. The minimum atomic E-state index is -1.06. The number of hydrogen-bond donors (Lipinski definition) is 4. The lowest BCUT2D eigenvalue weighted by atomic mass is 10.0. The Morgan fingerprint density at radius 2 is 1.83 bits per heavy atom. The topological polar surface area (TPSA) is 98.0 Å². The normalized spacial score (nSPS) is 14.6. The zero-order valence-electron chi connectivity index (χ0n) is 9.73. The molecule has 0 radical (unpaired) electrons. The lowest BCUT2D eigenvalue weighted by Gasteiger charge is -2.17. The summed E-state index contributed by atoms with van der Waals surface area (Å²) in [4.78, 5) is 10.3. The van der Waals surface area contributed by atoms with Gasteiger partial charge in [0, 0.05) is 12.7 Å². The van der Waals surface area contributed by atoms with Crippen molar-refractivity contribution in [2.24, 2.45) is 0 Å². The van der Waals surface area contributed by atoms with Gasteiger partial charge in [-0.2, -0.15) is 0 Å². The van der Waals surface area contributed by atoms with Gasteiger partial charge in [-0.15, -0.1) is 0 Å². The van der Waals surface area contributed by atoms with Gasteiger partial charge < -0.3 is 20.4 Å². The molecule has 4 N–H and O–H groups in total. The first kappa shape index (κ1) is 14.4. The summed E-state index contributed by atoms with van der Waals surface area (Å²) in [6.45, 7) is -0.197. The molecule has 0 aliphatic carbocycles. The molecule has 0 amide bonds. The molecule has 0 bridgehead atoms. The summed E-state index contributed by atoms with van der Waals surface area (Å²) in [7, 11) is 0. The maximum Gasteiger partial charge on any atom is 0.328 e. The molecule has 0 heterocycles. The Bertz CT molecular complexity index is 410. The summed E-state index contributed by atoms with van der Waals surface area (Å²) in [5.41, 5.74) is 1.20. The average molecular weight is 252 g/mol. The third kappa shape index (κ3) is 4.29. The fourth-order valence-electron chi connectivity index (χ4n) is 1.48. The van der Waals surface area contributed by atoms with Crippen LogP contribution in [0.15, 0.2) is 30.3 Å². The highest BCUT2D eigenvalue weighted by molar-refractivity contribution is 5.85. The van der Waals surface area contributed by atoms with E-state index in [1.165, 1.54) is 6.08 Å². The number of carboxylic acids is 1. The minimum Gasteiger partial charge on any atom is -0.478 e. The molecule has 0 saturated heterocycles. The van der Waals surface area contributed by atoms with Crippen molar-refractivity contribution < 1.29 is 25.2 Å². The molecule has 0 saturated carbocycles. The SMILES string of the molecule is O=C(O)/C=C/c1ccc(C(O)C(O)CCO)cc1. The first-order valence-electron chi connectivity index (χ1n) is 5.52. The standard InChI is InChI=1S/C13H16O5/c14-8-7-11(15)13(18)10-4-1-9(2-5-10)3-6-12(16)17/h1-6,11,13-15,18H,7-8H2,(H,16,17)/b6-3+. The van der Waals surface area contributed by atoms with Crippen molar-refractivity contribution in [3.05, 3.63) is 41.5 Å². The van der Waals surface area contributed by atoms with Gasteiger partial charge in [0.25, 0.3) is 0 Å². The van der Waals surface area contributed by atoms with Gasteiger partial charge in [-0.05, 0) is 23.6 Å². The molecule has 5 heteroatoms. The van der Waals surface area contributed by atoms with Crippen LogP contribution in [0, 0.1) is 0 Å². The van der Waals surface area contributed by atoms with Crippen molar-refractivity contribution in [2.75, 3.05) is 6.61 Å². The number of aliphatic carboxylic acids is 1. The minimum absolute atomic E-state index is 0.0990. The van der Waals surface area contributed by atoms with E-state index in [0.29, 0.717) is 11.1 Å². The maximum absolute atomic E-state index is 10.3. The van der Waals surface area contributed by atoms with Gasteiger partial charge in [0.05, 0.1) is 6.10 Å². The summed E-state index contributed by atoms with van der Waals surface area (Å²) < 4.78 is 0. The molecule has 0 aromatic heterocycles. The highest BCUT2D eigenvalue weighted by atomic mass is 16.4. The molecule has 0 aliphatic rings. The highest BCUT2D eigenvalue weighted by Gasteiger charge is 2.17. The Kier molecular flexibility index (Phi) is 5.51. The fraction of sp³-hybridized carbons (Fsp3) is 0.308. The van der Waals surface area contributed by atoms with Gasteiger partial charge >= 0.3 is 5.97 Å². The number of rotatable bonds is 6. The van der Waals surface area contributed by atoms with Gasteiger partial charge in [0.1, 0.15) is 6.10 Å². The van der Waals surface area contributed by atoms with Crippen molar-refractivity contribution in [1.29, 1.82) is 0 Å². The first-order chi connectivity index (χ1) is 8.54. The lowest BCUT2D eigenvalue weighted by Crippen LogP contribution is -2.19. The molecule has 18 heavy (non-hydrogen) atoms. The number of carboxylic acid groups (broad SMARTS) is 1. The zero-order chi connectivity index (χ0) is 13.5. The van der Waals surface area contributed by atoms with Crippen LogP contribution in [0.2, 0.25) is 0 Å². The molecular formula is C13H16O5. The summed E-state index contributed by atoms with van der Waals surface area (Å²) in [5.74, 6) is -1.03. The molecule has 1 aromatic rings. The summed E-state index contributed by atoms with van der Waals surface area (Å²) >= 11 is 0. The summed E-state index contributed by atoms with van der Waals surface area (Å²) in [6, 6.07) is 6.49. The van der Waals surface area contributed by atoms with Crippen LogP contribution in [0.1, 0.15) is 23.7 Å². The molecule has 2 unspecified atom stereocenters. The van der Waals surface area contributed by atoms with E-state index < -0.39 is 18.2 Å². The van der Waals surface area contributed by atoms with Crippen LogP contribution in [0.4, 0.5) is 0 Å². The lowest BCUT2D eigenvalue weighted by molar-refractivity contribution is -0.131. The summed E-state index contributed by atoms with van der Waals surface area (Å²) in [6.07, 6.45) is 0.473. The quantitative estimate of drug-likeness (QED) is 0.555. The van der Waals surface area contributed by atoms with E-state index in [2.05, 4.69) is 0 Å². The molecule has 1 rings (SSSR count). The first-order valence-corrected chi connectivity index (χ1v) is 5.52. The molecule has 0 fully saturated rings. The second-order valence-electron chi connectivity index (χ2n) is 3.86. The fourth-order valence-corrected chi connectivity index (χ4v) is 1.48. The molecule has 98 valence electrons. The van der Waals surface area contributed by atoms with Crippen LogP contribution in [-0.4, -0.2) is 39.1 Å². The van der Waals surface area contributed by atoms with E-state index in [4.69, 9.17) is 10.2 Å². The monoisotopic (exact) mass is 252 g/mol. The Morgan fingerprint density at radius 1 is 1.22 bits per heavy atom. The third-order valence-electron chi connectivity index (χ3n) is 2.49. The van der Waals surface area contributed by atoms with E-state index >= 15 is 0 Å². The van der Waals surface area contributed by atoms with Crippen molar-refractivity contribution in [2.45, 2.75) is 18.6 Å². The number of carbonyl (C=O) groups is 1. The Balaban J connectivity index is 2.73. The predicted octanol–water partition coefficient (Wildman–Crippen LogP) is 0.561. The number of hydrogen-bond acceptors (Lipinski definition) is 4. The molecular weight excluding hydrogens is 236 g/mol. The van der Waals surface area contributed by atoms with Crippen LogP contribution in [0.3, 0.4) is 0 Å². The van der Waals surface area contributed by atoms with E-state index in [9.17, 15) is 15.0 Å². The summed E-state index contributed by atoms with van der Waals surface area (Å²) in [5, 5.41) is 36.4.